The van der Waals surface area contributed by atoms with Gasteiger partial charge in [-0.05, 0) is 119 Å². The van der Waals surface area contributed by atoms with Crippen LogP contribution in [0.2, 0.25) is 0 Å². The Morgan fingerprint density at radius 1 is 0.938 bits per heavy atom. The van der Waals surface area contributed by atoms with Gasteiger partial charge >= 0.3 is 11.4 Å². The quantitative estimate of drug-likeness (QED) is 0.173. The fourth-order valence-electron chi connectivity index (χ4n) is 10.8. The Morgan fingerprint density at radius 3 is 2.40 bits per heavy atom. The molecule has 5 aromatic heterocycles. The highest BCUT2D eigenvalue weighted by Crippen LogP contribution is 2.56. The number of carbonyl (C=O) groups is 1. The van der Waals surface area contributed by atoms with Crippen LogP contribution < -0.4 is 11.4 Å². The zero-order chi connectivity index (χ0) is 45.4. The maximum atomic E-state index is 15.8. The minimum atomic E-state index is -0.857. The highest BCUT2D eigenvalue weighted by atomic mass is 19.1. The first-order chi connectivity index (χ1) is 31.0. The standard InChI is InChI=1S/C48H48F2N10O5/c1-25-16-33(17-26(2)41(25)50)60-42(58-14-13-57(46(58)63)38-20-32-24-51-55(7)37(32)21-34(38)49)40-28(4)56(12-10-35(40)53-60)43(61)39-19-31-18-29(30-11-15-64-47(5,6)23-30)8-9-36(31)59(39)48(22-27(48)3)44-52-45(62)65-54-44/h8-9,13-14,16-21,24,27-28,30H,10-12,15,22-23H2,1-7H3,(H,52,54,62)/t27-,28-,30-,48-/m0/s1. The Bertz CT molecular complexity index is 3380. The van der Waals surface area contributed by atoms with E-state index >= 15 is 13.6 Å². The summed E-state index contributed by atoms with van der Waals surface area (Å²) in [5, 5.41) is 15.0. The summed E-state index contributed by atoms with van der Waals surface area (Å²) >= 11 is 0. The lowest BCUT2D eigenvalue weighted by Gasteiger charge is -2.35. The van der Waals surface area contributed by atoms with Gasteiger partial charge in [-0.15, -0.1) is 0 Å². The van der Waals surface area contributed by atoms with Crippen molar-refractivity contribution in [2.75, 3.05) is 13.2 Å². The lowest BCUT2D eigenvalue weighted by molar-refractivity contribution is -0.0592. The molecule has 3 aromatic carbocycles. The Labute approximate surface area is 370 Å². The molecule has 1 amide bonds. The van der Waals surface area contributed by atoms with Crippen LogP contribution in [0.4, 0.5) is 8.78 Å². The van der Waals surface area contributed by atoms with Gasteiger partial charge in [0.25, 0.3) is 5.91 Å². The number of imidazole rings is 1. The van der Waals surface area contributed by atoms with E-state index in [-0.39, 0.29) is 34.8 Å². The van der Waals surface area contributed by atoms with Crippen LogP contribution in [0.3, 0.4) is 0 Å². The third kappa shape index (κ3) is 6.21. The second-order valence-electron chi connectivity index (χ2n) is 18.8. The molecule has 0 radical (unpaired) electrons. The summed E-state index contributed by atoms with van der Waals surface area (Å²) < 4.78 is 49.9. The van der Waals surface area contributed by atoms with Gasteiger partial charge in [-0.25, -0.2) is 23.1 Å². The molecule has 3 aliphatic rings. The number of aromatic amines is 1. The first-order valence-electron chi connectivity index (χ1n) is 22.0. The first kappa shape index (κ1) is 40.9. The SMILES string of the molecule is Cc1cc(-n2nc3c(c2-n2ccn(-c4cc5cnn(C)c5cc4F)c2=O)[C@H](C)N(C(=O)c2cc4cc([C@H]5CCOC(C)(C)C5)ccc4n2[C@@]2(c4noc(=O)[nH]4)C[C@@H]2C)CC3)cc(C)c1F. The van der Waals surface area contributed by atoms with Crippen LogP contribution in [0, 0.1) is 31.4 Å². The van der Waals surface area contributed by atoms with Crippen molar-refractivity contribution in [1.29, 1.82) is 0 Å². The Balaban J connectivity index is 1.06. The Kier molecular flexibility index (Phi) is 9.00. The molecule has 1 N–H and O–H groups in total. The van der Waals surface area contributed by atoms with Gasteiger partial charge in [-0.1, -0.05) is 18.1 Å². The van der Waals surface area contributed by atoms with E-state index in [0.717, 1.165) is 29.3 Å². The smallest absolute Gasteiger partial charge is 0.376 e. The fraction of sp³-hybridized carbons (Fsp3) is 0.375. The number of ether oxygens (including phenoxy) is 1. The summed E-state index contributed by atoms with van der Waals surface area (Å²) in [6.07, 6.45) is 7.36. The van der Waals surface area contributed by atoms with Crippen LogP contribution in [0.5, 0.6) is 0 Å². The number of hydrogen-bond donors (Lipinski definition) is 1. The van der Waals surface area contributed by atoms with E-state index in [1.165, 1.54) is 21.4 Å². The van der Waals surface area contributed by atoms with Crippen LogP contribution in [0.25, 0.3) is 39.0 Å². The molecule has 2 fully saturated rings. The molecule has 2 aliphatic heterocycles. The Morgan fingerprint density at radius 2 is 1.69 bits per heavy atom. The van der Waals surface area contributed by atoms with E-state index in [1.807, 2.05) is 17.6 Å². The molecule has 65 heavy (non-hydrogen) atoms. The maximum absolute atomic E-state index is 15.8. The Hall–Kier alpha value is -6.88. The zero-order valence-electron chi connectivity index (χ0n) is 37.1. The van der Waals surface area contributed by atoms with Gasteiger partial charge in [0.05, 0.1) is 40.4 Å². The molecule has 4 atom stereocenters. The molecule has 334 valence electrons. The number of halogens is 2. The molecule has 11 rings (SSSR count). The average molecular weight is 883 g/mol. The van der Waals surface area contributed by atoms with Crippen molar-refractivity contribution in [2.45, 2.75) is 90.3 Å². The molecule has 1 saturated carbocycles. The summed E-state index contributed by atoms with van der Waals surface area (Å²) in [6.45, 7) is 12.5. The molecule has 1 saturated heterocycles. The highest BCUT2D eigenvalue weighted by Gasteiger charge is 2.59. The molecule has 8 aromatic rings. The summed E-state index contributed by atoms with van der Waals surface area (Å²) in [4.78, 5) is 47.2. The van der Waals surface area contributed by atoms with Gasteiger partial charge in [0.15, 0.2) is 5.82 Å². The lowest BCUT2D eigenvalue weighted by atomic mass is 9.83. The minimum absolute atomic E-state index is 0.00109. The molecule has 15 nitrogen and oxygen atoms in total. The van der Waals surface area contributed by atoms with Gasteiger partial charge in [0.1, 0.15) is 28.7 Å². The number of carbonyl (C=O) groups excluding carboxylic acids is 1. The van der Waals surface area contributed by atoms with E-state index < -0.39 is 28.8 Å². The third-order valence-electron chi connectivity index (χ3n) is 14.2. The van der Waals surface area contributed by atoms with Gasteiger partial charge < -0.3 is 14.2 Å². The number of aromatic nitrogens is 9. The van der Waals surface area contributed by atoms with Gasteiger partial charge in [-0.3, -0.25) is 28.1 Å². The number of nitrogens with one attached hydrogen (secondary N) is 1. The minimum Gasteiger partial charge on any atom is -0.376 e. The number of benzene rings is 3. The van der Waals surface area contributed by atoms with E-state index in [4.69, 9.17) is 14.4 Å². The molecule has 1 aliphatic carbocycles. The predicted octanol–water partition coefficient (Wildman–Crippen LogP) is 7.44. The number of fused-ring (bicyclic) bond motifs is 3. The van der Waals surface area contributed by atoms with Gasteiger partial charge in [0.2, 0.25) is 0 Å². The predicted molar refractivity (Wildman–Crippen MR) is 237 cm³/mol. The first-order valence-corrected chi connectivity index (χ1v) is 22.0. The summed E-state index contributed by atoms with van der Waals surface area (Å²) in [6, 6.07) is 13.9. The molecule has 7 heterocycles. The van der Waals surface area contributed by atoms with Gasteiger partial charge in [-0.2, -0.15) is 10.2 Å². The van der Waals surface area contributed by atoms with Crippen LogP contribution in [-0.4, -0.2) is 73.0 Å². The second-order valence-corrected chi connectivity index (χ2v) is 18.8. The molecular formula is C48H48F2N10O5. The van der Waals surface area contributed by atoms with Crippen molar-refractivity contribution in [1.82, 2.24) is 48.3 Å². The van der Waals surface area contributed by atoms with E-state index in [2.05, 4.69) is 54.2 Å². The van der Waals surface area contributed by atoms with Crippen molar-refractivity contribution < 1.29 is 22.8 Å². The molecule has 0 unspecified atom stereocenters. The van der Waals surface area contributed by atoms with Gasteiger partial charge in [0, 0.05) is 66.9 Å². The van der Waals surface area contributed by atoms with E-state index in [1.54, 1.807) is 65.8 Å². The highest BCUT2D eigenvalue weighted by molar-refractivity contribution is 6.00. The van der Waals surface area contributed by atoms with Crippen molar-refractivity contribution in [3.05, 3.63) is 139 Å². The van der Waals surface area contributed by atoms with Crippen LogP contribution in [-0.2, 0) is 23.7 Å². The topological polar surface area (TPSA) is 156 Å². The number of nitrogens with zero attached hydrogens (tertiary/aromatic N) is 9. The van der Waals surface area contributed by atoms with Crippen LogP contribution >= 0.6 is 0 Å². The van der Waals surface area contributed by atoms with Crippen LogP contribution in [0.15, 0.2) is 81.2 Å². The largest absolute Gasteiger partial charge is 0.438 e. The van der Waals surface area contributed by atoms with Crippen molar-refractivity contribution in [3.63, 3.8) is 0 Å². The van der Waals surface area contributed by atoms with Crippen molar-refractivity contribution >= 4 is 27.7 Å². The number of amides is 1. The van der Waals surface area contributed by atoms with E-state index in [9.17, 15) is 9.59 Å². The number of aryl methyl sites for hydroxylation is 3. The summed E-state index contributed by atoms with van der Waals surface area (Å²) in [5.74, 6) is -0.934. The number of rotatable bonds is 7. The fourth-order valence-corrected chi connectivity index (χ4v) is 10.8. The van der Waals surface area contributed by atoms with Crippen molar-refractivity contribution in [3.8, 4) is 17.2 Å². The molecule has 17 heteroatoms. The average Bonchev–Trinajstić information content (AvgIpc) is 3.89. The summed E-state index contributed by atoms with van der Waals surface area (Å²) in [7, 11) is 1.72. The zero-order valence-corrected chi connectivity index (χ0v) is 37.1. The number of hydrogen-bond acceptors (Lipinski definition) is 8. The maximum Gasteiger partial charge on any atom is 0.438 e. The third-order valence-corrected chi connectivity index (χ3v) is 14.2. The van der Waals surface area contributed by atoms with E-state index in [0.29, 0.717) is 82.3 Å². The summed E-state index contributed by atoms with van der Waals surface area (Å²) in [5.41, 5.74) is 3.92. The normalized spacial score (nSPS) is 21.7. The monoisotopic (exact) mass is 882 g/mol. The van der Waals surface area contributed by atoms with Crippen LogP contribution in [0.1, 0.15) is 103 Å². The van der Waals surface area contributed by atoms with Crippen molar-refractivity contribution in [2.24, 2.45) is 13.0 Å². The number of H-pyrrole nitrogens is 1. The lowest BCUT2D eigenvalue weighted by Crippen LogP contribution is -2.41. The molecule has 0 bridgehead atoms. The molecule has 0 spiro atoms. The second kappa shape index (κ2) is 14.3. The molecular weight excluding hydrogens is 835 g/mol.